The molecule has 1 aromatic carbocycles. The molecule has 1 aliphatic heterocycles. The molecule has 6 nitrogen and oxygen atoms in total. The van der Waals surface area contributed by atoms with Gasteiger partial charge in [0.15, 0.2) is 5.82 Å². The second-order valence-corrected chi connectivity index (χ2v) is 6.68. The smallest absolute Gasteiger partial charge is 0.228 e. The van der Waals surface area contributed by atoms with Crippen LogP contribution in [0.2, 0.25) is 0 Å². The summed E-state index contributed by atoms with van der Waals surface area (Å²) in [4.78, 5) is 16.8. The SMILES string of the molecule is Cc1nc(-c2ccc(NC(=O)C3CC34CCNCC4)cc2)n[nH]1. The van der Waals surface area contributed by atoms with E-state index in [0.29, 0.717) is 5.82 Å². The summed E-state index contributed by atoms with van der Waals surface area (Å²) in [6, 6.07) is 7.70. The van der Waals surface area contributed by atoms with Crippen LogP contribution in [0.5, 0.6) is 0 Å². The first-order valence-corrected chi connectivity index (χ1v) is 8.17. The molecule has 1 atom stereocenters. The maximum Gasteiger partial charge on any atom is 0.228 e. The van der Waals surface area contributed by atoms with Crippen LogP contribution in [-0.4, -0.2) is 34.2 Å². The van der Waals surface area contributed by atoms with Gasteiger partial charge < -0.3 is 10.6 Å². The number of piperidine rings is 1. The summed E-state index contributed by atoms with van der Waals surface area (Å²) in [7, 11) is 0. The maximum absolute atomic E-state index is 12.4. The number of carbonyl (C=O) groups is 1. The van der Waals surface area contributed by atoms with Gasteiger partial charge in [0.25, 0.3) is 0 Å². The molecule has 0 radical (unpaired) electrons. The predicted molar refractivity (Wildman–Crippen MR) is 87.8 cm³/mol. The molecule has 1 amide bonds. The number of anilines is 1. The third-order valence-corrected chi connectivity index (χ3v) is 5.11. The fourth-order valence-electron chi connectivity index (χ4n) is 3.60. The average molecular weight is 311 g/mol. The fourth-order valence-corrected chi connectivity index (χ4v) is 3.60. The molecule has 120 valence electrons. The summed E-state index contributed by atoms with van der Waals surface area (Å²) in [6.45, 7) is 3.94. The van der Waals surface area contributed by atoms with Crippen molar-refractivity contribution in [2.75, 3.05) is 18.4 Å². The number of H-pyrrole nitrogens is 1. The van der Waals surface area contributed by atoms with Crippen molar-refractivity contribution in [1.82, 2.24) is 20.5 Å². The highest BCUT2D eigenvalue weighted by molar-refractivity contribution is 5.95. The molecule has 1 saturated heterocycles. The number of nitrogens with zero attached hydrogens (tertiary/aromatic N) is 2. The number of amides is 1. The molecule has 2 heterocycles. The normalized spacial score (nSPS) is 22.0. The molecule has 23 heavy (non-hydrogen) atoms. The van der Waals surface area contributed by atoms with E-state index >= 15 is 0 Å². The Balaban J connectivity index is 1.40. The Labute approximate surface area is 135 Å². The minimum Gasteiger partial charge on any atom is -0.326 e. The molecular weight excluding hydrogens is 290 g/mol. The zero-order valence-corrected chi connectivity index (χ0v) is 13.2. The zero-order chi connectivity index (χ0) is 15.9. The number of nitrogens with one attached hydrogen (secondary N) is 3. The summed E-state index contributed by atoms with van der Waals surface area (Å²) in [5, 5.41) is 13.4. The number of rotatable bonds is 3. The van der Waals surface area contributed by atoms with Crippen molar-refractivity contribution >= 4 is 11.6 Å². The Kier molecular flexibility index (Phi) is 3.41. The molecule has 2 fully saturated rings. The van der Waals surface area contributed by atoms with Crippen molar-refractivity contribution in [3.05, 3.63) is 30.1 Å². The van der Waals surface area contributed by atoms with E-state index < -0.39 is 0 Å². The Morgan fingerprint density at radius 3 is 2.65 bits per heavy atom. The number of hydrogen-bond acceptors (Lipinski definition) is 4. The fraction of sp³-hybridized carbons (Fsp3) is 0.471. The molecule has 3 N–H and O–H groups in total. The van der Waals surface area contributed by atoms with Crippen molar-refractivity contribution in [3.8, 4) is 11.4 Å². The molecule has 1 spiro atoms. The number of benzene rings is 1. The van der Waals surface area contributed by atoms with E-state index in [4.69, 9.17) is 0 Å². The maximum atomic E-state index is 12.4. The average Bonchev–Trinajstić information content (AvgIpc) is 3.07. The molecule has 1 unspecified atom stereocenters. The Morgan fingerprint density at radius 1 is 1.26 bits per heavy atom. The summed E-state index contributed by atoms with van der Waals surface area (Å²) >= 11 is 0. The van der Waals surface area contributed by atoms with E-state index in [2.05, 4.69) is 25.8 Å². The van der Waals surface area contributed by atoms with Crippen LogP contribution >= 0.6 is 0 Å². The minimum atomic E-state index is 0.161. The lowest BCUT2D eigenvalue weighted by atomic mass is 9.92. The van der Waals surface area contributed by atoms with Crippen LogP contribution in [0.4, 0.5) is 5.69 Å². The predicted octanol–water partition coefficient (Wildman–Crippen LogP) is 2.11. The molecule has 1 aromatic heterocycles. The van der Waals surface area contributed by atoms with E-state index in [1.807, 2.05) is 31.2 Å². The van der Waals surface area contributed by atoms with Gasteiger partial charge in [-0.1, -0.05) is 0 Å². The summed E-state index contributed by atoms with van der Waals surface area (Å²) < 4.78 is 0. The summed E-state index contributed by atoms with van der Waals surface area (Å²) in [5.41, 5.74) is 2.04. The van der Waals surface area contributed by atoms with Gasteiger partial charge in [0.2, 0.25) is 5.91 Å². The monoisotopic (exact) mass is 311 g/mol. The number of hydrogen-bond donors (Lipinski definition) is 3. The second-order valence-electron chi connectivity index (χ2n) is 6.68. The Hall–Kier alpha value is -2.21. The van der Waals surface area contributed by atoms with Gasteiger partial charge in [-0.05, 0) is 69.0 Å². The molecule has 2 aromatic rings. The van der Waals surface area contributed by atoms with E-state index in [-0.39, 0.29) is 17.2 Å². The van der Waals surface area contributed by atoms with Gasteiger partial charge in [0.05, 0.1) is 0 Å². The lowest BCUT2D eigenvalue weighted by Crippen LogP contribution is -2.31. The van der Waals surface area contributed by atoms with Crippen LogP contribution in [0.15, 0.2) is 24.3 Å². The molecule has 1 saturated carbocycles. The number of carbonyl (C=O) groups excluding carboxylic acids is 1. The van der Waals surface area contributed by atoms with Crippen molar-refractivity contribution in [2.45, 2.75) is 26.2 Å². The van der Waals surface area contributed by atoms with E-state index in [0.717, 1.165) is 49.4 Å². The van der Waals surface area contributed by atoms with Crippen molar-refractivity contribution < 1.29 is 4.79 Å². The van der Waals surface area contributed by atoms with Crippen LogP contribution in [0.1, 0.15) is 25.1 Å². The first-order valence-electron chi connectivity index (χ1n) is 8.17. The summed E-state index contributed by atoms with van der Waals surface area (Å²) in [5.74, 6) is 1.81. The van der Waals surface area contributed by atoms with Gasteiger partial charge in [0.1, 0.15) is 5.82 Å². The quantitative estimate of drug-likeness (QED) is 0.811. The van der Waals surface area contributed by atoms with E-state index in [9.17, 15) is 4.79 Å². The molecule has 0 bridgehead atoms. The Bertz CT molecular complexity index is 715. The molecule has 2 aliphatic rings. The first kappa shape index (κ1) is 14.4. The lowest BCUT2D eigenvalue weighted by Gasteiger charge is -2.23. The van der Waals surface area contributed by atoms with Gasteiger partial charge in [-0.25, -0.2) is 4.98 Å². The van der Waals surface area contributed by atoms with Crippen LogP contribution < -0.4 is 10.6 Å². The number of aryl methyl sites for hydroxylation is 1. The molecule has 6 heteroatoms. The highest BCUT2D eigenvalue weighted by Gasteiger charge is 2.57. The third-order valence-electron chi connectivity index (χ3n) is 5.11. The topological polar surface area (TPSA) is 82.7 Å². The minimum absolute atomic E-state index is 0.161. The van der Waals surface area contributed by atoms with Gasteiger partial charge in [-0.2, -0.15) is 5.10 Å². The van der Waals surface area contributed by atoms with E-state index in [1.165, 1.54) is 0 Å². The van der Waals surface area contributed by atoms with Crippen LogP contribution in [0.3, 0.4) is 0 Å². The largest absolute Gasteiger partial charge is 0.326 e. The van der Waals surface area contributed by atoms with Crippen LogP contribution in [0, 0.1) is 18.3 Å². The number of aromatic amines is 1. The van der Waals surface area contributed by atoms with E-state index in [1.54, 1.807) is 0 Å². The highest BCUT2D eigenvalue weighted by atomic mass is 16.2. The number of aromatic nitrogens is 3. The summed E-state index contributed by atoms with van der Waals surface area (Å²) in [6.07, 6.45) is 3.28. The molecular formula is C17H21N5O. The first-order chi connectivity index (χ1) is 11.2. The van der Waals surface area contributed by atoms with Crippen LogP contribution in [0.25, 0.3) is 11.4 Å². The standard InChI is InChI=1S/C17H21N5O/c1-11-19-15(22-21-11)12-2-4-13(5-3-12)20-16(23)14-10-17(14)6-8-18-9-7-17/h2-5,14,18H,6-10H2,1H3,(H,20,23)(H,19,21,22). The van der Waals surface area contributed by atoms with Gasteiger partial charge in [0, 0.05) is 17.2 Å². The Morgan fingerprint density at radius 2 is 2.00 bits per heavy atom. The van der Waals surface area contributed by atoms with Gasteiger partial charge in [-0.15, -0.1) is 0 Å². The molecule has 4 rings (SSSR count). The van der Waals surface area contributed by atoms with Crippen molar-refractivity contribution in [1.29, 1.82) is 0 Å². The van der Waals surface area contributed by atoms with Crippen molar-refractivity contribution in [2.24, 2.45) is 11.3 Å². The lowest BCUT2D eigenvalue weighted by molar-refractivity contribution is -0.118. The van der Waals surface area contributed by atoms with Gasteiger partial charge >= 0.3 is 0 Å². The van der Waals surface area contributed by atoms with Crippen molar-refractivity contribution in [3.63, 3.8) is 0 Å². The molecule has 1 aliphatic carbocycles. The zero-order valence-electron chi connectivity index (χ0n) is 13.2. The second kappa shape index (κ2) is 5.45. The highest BCUT2D eigenvalue weighted by Crippen LogP contribution is 2.58. The van der Waals surface area contributed by atoms with Crippen LogP contribution in [-0.2, 0) is 4.79 Å². The van der Waals surface area contributed by atoms with Gasteiger partial charge in [-0.3, -0.25) is 9.89 Å². The third kappa shape index (κ3) is 2.74.